The van der Waals surface area contributed by atoms with Crippen LogP contribution >= 0.6 is 11.6 Å². The summed E-state index contributed by atoms with van der Waals surface area (Å²) in [6, 6.07) is 7.46. The van der Waals surface area contributed by atoms with E-state index in [1.165, 1.54) is 31.2 Å². The number of rotatable bonds is 3. The van der Waals surface area contributed by atoms with Crippen molar-refractivity contribution in [1.82, 2.24) is 10.2 Å². The van der Waals surface area contributed by atoms with Crippen LogP contribution in [0.3, 0.4) is 0 Å². The number of carbonyl (C=O) groups is 1. The summed E-state index contributed by atoms with van der Waals surface area (Å²) in [6.45, 7) is 1.52. The molecule has 2 heterocycles. The van der Waals surface area contributed by atoms with Crippen LogP contribution in [0.1, 0.15) is 57.4 Å². The molecule has 1 aromatic heterocycles. The Hall–Kier alpha value is -2.34. The van der Waals surface area contributed by atoms with E-state index in [2.05, 4.69) is 5.16 Å². The first-order valence-electron chi connectivity index (χ1n) is 10.8. The lowest BCUT2D eigenvalue weighted by atomic mass is 9.49. The van der Waals surface area contributed by atoms with Crippen molar-refractivity contribution in [2.24, 2.45) is 28.3 Å². The van der Waals surface area contributed by atoms with Gasteiger partial charge in [0.15, 0.2) is 5.69 Å². The number of hydrogen-bond donors (Lipinski definition) is 0. The Morgan fingerprint density at radius 1 is 1.10 bits per heavy atom. The molecule has 4 aliphatic carbocycles. The average molecular weight is 426 g/mol. The quantitative estimate of drug-likeness (QED) is 0.660. The first-order valence-corrected chi connectivity index (χ1v) is 11.1. The smallest absolute Gasteiger partial charge is 0.243 e. The molecule has 0 radical (unpaired) electrons. The van der Waals surface area contributed by atoms with Crippen molar-refractivity contribution in [2.75, 3.05) is 0 Å². The van der Waals surface area contributed by atoms with Crippen molar-refractivity contribution in [1.29, 1.82) is 0 Å². The van der Waals surface area contributed by atoms with E-state index >= 15 is 0 Å². The van der Waals surface area contributed by atoms with Crippen LogP contribution in [0.25, 0.3) is 11.1 Å². The van der Waals surface area contributed by atoms with Gasteiger partial charge in [-0.1, -0.05) is 28.9 Å². The van der Waals surface area contributed by atoms with Crippen molar-refractivity contribution in [3.63, 3.8) is 0 Å². The Bertz CT molecular complexity index is 993. The van der Waals surface area contributed by atoms with Crippen LogP contribution < -0.4 is 0 Å². The van der Waals surface area contributed by atoms with E-state index in [0.717, 1.165) is 54.0 Å². The third kappa shape index (κ3) is 2.80. The van der Waals surface area contributed by atoms with E-state index in [0.29, 0.717) is 10.7 Å². The van der Waals surface area contributed by atoms with Gasteiger partial charge in [-0.05, 0) is 74.0 Å². The third-order valence-corrected chi connectivity index (χ3v) is 7.70. The number of halogens is 1. The highest BCUT2D eigenvalue weighted by Crippen LogP contribution is 2.61. The average Bonchev–Trinajstić information content (AvgIpc) is 3.35. The van der Waals surface area contributed by atoms with Gasteiger partial charge in [0.2, 0.25) is 18.0 Å². The molecule has 0 saturated heterocycles. The molecule has 1 aromatic carbocycles. The molecule has 0 spiro atoms. The molecule has 4 fully saturated rings. The van der Waals surface area contributed by atoms with E-state index in [9.17, 15) is 4.79 Å². The third-order valence-electron chi connectivity index (χ3n) is 7.45. The Morgan fingerprint density at radius 3 is 2.33 bits per heavy atom. The monoisotopic (exact) mass is 425 g/mol. The number of hydrazone groups is 1. The van der Waals surface area contributed by atoms with E-state index in [1.54, 1.807) is 6.26 Å². The van der Waals surface area contributed by atoms with Crippen molar-refractivity contribution < 1.29 is 14.1 Å². The van der Waals surface area contributed by atoms with Crippen LogP contribution in [0.2, 0.25) is 5.02 Å². The van der Waals surface area contributed by atoms with Gasteiger partial charge in [-0.25, -0.2) is 0 Å². The predicted octanol–water partition coefficient (Wildman–Crippen LogP) is 5.40. The maximum Gasteiger partial charge on any atom is 0.243 e. The largest absolute Gasteiger partial charge is 0.447 e. The lowest BCUT2D eigenvalue weighted by molar-refractivity contribution is -0.135. The first-order chi connectivity index (χ1) is 14.5. The van der Waals surface area contributed by atoms with Crippen LogP contribution in [0.15, 0.2) is 40.2 Å². The summed E-state index contributed by atoms with van der Waals surface area (Å²) < 4.78 is 11.8. The van der Waals surface area contributed by atoms with Crippen molar-refractivity contribution in [3.05, 3.63) is 41.2 Å². The lowest BCUT2D eigenvalue weighted by Gasteiger charge is -2.55. The summed E-state index contributed by atoms with van der Waals surface area (Å²) in [5.74, 6) is 2.87. The molecule has 1 aliphatic heterocycles. The van der Waals surface area contributed by atoms with Crippen LogP contribution in [-0.4, -0.2) is 22.0 Å². The standard InChI is InChI=1S/C23H24ClN3O3/c1-13(28)27-21(20-19(12-29-26-20)17-2-4-18(24)5-3-17)30-22(25-27)23-9-14-6-15(10-23)8-16(7-14)11-23/h2-5,12,14-16,21H,6-11H2,1H3. The van der Waals surface area contributed by atoms with E-state index in [-0.39, 0.29) is 11.3 Å². The molecule has 1 atom stereocenters. The fraction of sp³-hybridized carbons (Fsp3) is 0.522. The molecule has 4 bridgehead atoms. The van der Waals surface area contributed by atoms with Crippen molar-refractivity contribution in [3.8, 4) is 11.1 Å². The normalized spacial score (nSPS) is 34.2. The van der Waals surface area contributed by atoms with E-state index < -0.39 is 6.23 Å². The second kappa shape index (κ2) is 6.58. The zero-order chi connectivity index (χ0) is 20.5. The molecule has 0 N–H and O–H groups in total. The highest BCUT2D eigenvalue weighted by Gasteiger charge is 2.56. The van der Waals surface area contributed by atoms with Gasteiger partial charge in [0, 0.05) is 17.4 Å². The summed E-state index contributed by atoms with van der Waals surface area (Å²) in [5.41, 5.74) is 2.23. The topological polar surface area (TPSA) is 67.9 Å². The predicted molar refractivity (Wildman–Crippen MR) is 111 cm³/mol. The number of hydrogen-bond acceptors (Lipinski definition) is 5. The molecule has 1 unspecified atom stereocenters. The minimum Gasteiger partial charge on any atom is -0.447 e. The van der Waals surface area contributed by atoms with Gasteiger partial charge in [-0.2, -0.15) is 5.01 Å². The number of carbonyl (C=O) groups excluding carboxylic acids is 1. The highest BCUT2D eigenvalue weighted by atomic mass is 35.5. The van der Waals surface area contributed by atoms with Gasteiger partial charge in [0.25, 0.3) is 0 Å². The van der Waals surface area contributed by atoms with Crippen molar-refractivity contribution in [2.45, 2.75) is 51.7 Å². The second-order valence-corrected chi connectivity index (χ2v) is 9.99. The zero-order valence-electron chi connectivity index (χ0n) is 16.9. The Labute approximate surface area is 180 Å². The Kier molecular flexibility index (Phi) is 4.04. The fourth-order valence-corrected chi connectivity index (χ4v) is 6.74. The summed E-state index contributed by atoms with van der Waals surface area (Å²) >= 11 is 6.04. The van der Waals surface area contributed by atoms with Gasteiger partial charge in [-0.3, -0.25) is 4.79 Å². The van der Waals surface area contributed by atoms with Gasteiger partial charge < -0.3 is 9.26 Å². The number of nitrogens with zero attached hydrogens (tertiary/aromatic N) is 3. The molecule has 5 aliphatic rings. The SMILES string of the molecule is CC(=O)N1N=C(C23CC4CC(CC(C4)C2)C3)OC1c1nocc1-c1ccc(Cl)cc1. The molecule has 2 aromatic rings. The number of aromatic nitrogens is 1. The zero-order valence-corrected chi connectivity index (χ0v) is 17.6. The molecule has 7 heteroatoms. The number of benzene rings is 1. The van der Waals surface area contributed by atoms with Crippen LogP contribution in [0.5, 0.6) is 0 Å². The van der Waals surface area contributed by atoms with Crippen LogP contribution in [-0.2, 0) is 9.53 Å². The summed E-state index contributed by atoms with van der Waals surface area (Å²) in [5, 5.41) is 11.0. The second-order valence-electron chi connectivity index (χ2n) is 9.56. The molecule has 156 valence electrons. The maximum absolute atomic E-state index is 12.5. The fourth-order valence-electron chi connectivity index (χ4n) is 6.61. The van der Waals surface area contributed by atoms with Gasteiger partial charge >= 0.3 is 0 Å². The molecular weight excluding hydrogens is 402 g/mol. The molecule has 30 heavy (non-hydrogen) atoms. The van der Waals surface area contributed by atoms with Gasteiger partial charge in [-0.15, -0.1) is 5.10 Å². The van der Waals surface area contributed by atoms with Crippen LogP contribution in [0, 0.1) is 23.2 Å². The lowest BCUT2D eigenvalue weighted by Crippen LogP contribution is -2.50. The molecule has 1 amide bonds. The number of amides is 1. The van der Waals surface area contributed by atoms with E-state index in [4.69, 9.17) is 26.0 Å². The Balaban J connectivity index is 1.35. The summed E-state index contributed by atoms with van der Waals surface area (Å²) in [7, 11) is 0. The van der Waals surface area contributed by atoms with Gasteiger partial charge in [0.1, 0.15) is 6.26 Å². The summed E-state index contributed by atoms with van der Waals surface area (Å²) in [6.07, 6.45) is 8.29. The number of ether oxygens (including phenoxy) is 1. The minimum absolute atomic E-state index is 0.0264. The maximum atomic E-state index is 12.5. The Morgan fingerprint density at radius 2 is 1.73 bits per heavy atom. The molecular formula is C23H24ClN3O3. The van der Waals surface area contributed by atoms with Gasteiger partial charge in [0.05, 0.1) is 5.56 Å². The summed E-state index contributed by atoms with van der Waals surface area (Å²) in [4.78, 5) is 12.5. The molecule has 7 rings (SSSR count). The van der Waals surface area contributed by atoms with E-state index in [1.807, 2.05) is 24.3 Å². The molecule has 4 saturated carbocycles. The minimum atomic E-state index is -0.699. The first kappa shape index (κ1) is 18.4. The molecule has 6 nitrogen and oxygen atoms in total. The highest BCUT2D eigenvalue weighted by molar-refractivity contribution is 6.30. The van der Waals surface area contributed by atoms with Crippen LogP contribution in [0.4, 0.5) is 0 Å². The van der Waals surface area contributed by atoms with Crippen molar-refractivity contribution >= 4 is 23.4 Å².